The Kier molecular flexibility index (Phi) is 7.21. The third-order valence-electron chi connectivity index (χ3n) is 5.53. The van der Waals surface area contributed by atoms with Gasteiger partial charge in [-0.15, -0.1) is 0 Å². The highest BCUT2D eigenvalue weighted by molar-refractivity contribution is 9.10. The normalized spacial score (nSPS) is 13.2. The van der Waals surface area contributed by atoms with E-state index in [1.807, 2.05) is 12.1 Å². The van der Waals surface area contributed by atoms with Crippen molar-refractivity contribution in [1.29, 1.82) is 0 Å². The number of benzene rings is 3. The number of Topliss-reactive ketones (excluding diaryl/α,β-unsaturated/α-hetero) is 1. The average Bonchev–Trinajstić information content (AvgIpc) is 3.18. The molecule has 8 nitrogen and oxygen atoms in total. The number of esters is 1. The molecule has 0 atom stereocenters. The number of ether oxygens (including phenoxy) is 6. The monoisotopic (exact) mass is 554 g/mol. The molecule has 0 bridgehead atoms. The molecule has 0 saturated heterocycles. The van der Waals surface area contributed by atoms with Crippen LogP contribution in [0.1, 0.15) is 31.8 Å². The van der Waals surface area contributed by atoms with Gasteiger partial charge in [0.25, 0.3) is 0 Å². The Morgan fingerprint density at radius 3 is 2.17 bits per heavy atom. The lowest BCUT2D eigenvalue weighted by Crippen LogP contribution is -2.10. The Balaban J connectivity index is 1.63. The van der Waals surface area contributed by atoms with E-state index in [1.165, 1.54) is 39.5 Å². The highest BCUT2D eigenvalue weighted by Gasteiger charge is 2.31. The van der Waals surface area contributed by atoms with Crippen LogP contribution in [0.3, 0.4) is 0 Å². The number of ketones is 1. The van der Waals surface area contributed by atoms with Gasteiger partial charge < -0.3 is 28.4 Å². The van der Waals surface area contributed by atoms with Gasteiger partial charge in [0.1, 0.15) is 17.2 Å². The predicted octanol–water partition coefficient (Wildman–Crippen LogP) is 5.63. The maximum Gasteiger partial charge on any atom is 0.343 e. The smallest absolute Gasteiger partial charge is 0.343 e. The lowest BCUT2D eigenvalue weighted by Gasteiger charge is -2.14. The molecule has 3 aromatic carbocycles. The van der Waals surface area contributed by atoms with Crippen LogP contribution >= 0.6 is 15.9 Å². The van der Waals surface area contributed by atoms with Crippen molar-refractivity contribution in [3.63, 3.8) is 0 Å². The molecule has 0 radical (unpaired) electrons. The Morgan fingerprint density at radius 2 is 1.56 bits per heavy atom. The molecule has 0 fully saturated rings. The van der Waals surface area contributed by atoms with Crippen LogP contribution in [0, 0.1) is 6.92 Å². The van der Waals surface area contributed by atoms with Crippen molar-refractivity contribution in [2.24, 2.45) is 0 Å². The fourth-order valence-electron chi connectivity index (χ4n) is 3.86. The summed E-state index contributed by atoms with van der Waals surface area (Å²) in [5.41, 5.74) is 1.88. The summed E-state index contributed by atoms with van der Waals surface area (Å²) in [5.74, 6) is 1.33. The minimum Gasteiger partial charge on any atom is -0.496 e. The maximum absolute atomic E-state index is 13.1. The van der Waals surface area contributed by atoms with E-state index >= 15 is 0 Å². The molecule has 4 rings (SSSR count). The molecule has 9 heteroatoms. The molecular formula is C27H23BrO8. The van der Waals surface area contributed by atoms with Gasteiger partial charge in [0, 0.05) is 16.1 Å². The van der Waals surface area contributed by atoms with Crippen molar-refractivity contribution < 1.29 is 38.0 Å². The standard InChI is InChI=1S/C27H23BrO8/c1-14-8-18(35-27(30)16-11-22(32-3)26(34-5)23(12-16)33-4)13-20-24(14)25(29)21(36-20)10-15-9-17(28)6-7-19(15)31-2/h6-13H,1-5H3/b21-10-. The highest BCUT2D eigenvalue weighted by atomic mass is 79.9. The third kappa shape index (κ3) is 4.74. The number of halogens is 1. The van der Waals surface area contributed by atoms with Gasteiger partial charge in [-0.3, -0.25) is 4.79 Å². The van der Waals surface area contributed by atoms with Crippen molar-refractivity contribution >= 4 is 33.8 Å². The van der Waals surface area contributed by atoms with Gasteiger partial charge in [-0.05, 0) is 55.0 Å². The van der Waals surface area contributed by atoms with Crippen LogP contribution in [0.2, 0.25) is 0 Å². The van der Waals surface area contributed by atoms with E-state index in [1.54, 1.807) is 32.2 Å². The van der Waals surface area contributed by atoms with E-state index in [0.717, 1.165) is 4.47 Å². The first-order valence-corrected chi connectivity index (χ1v) is 11.5. The lowest BCUT2D eigenvalue weighted by molar-refractivity contribution is 0.0733. The summed E-state index contributed by atoms with van der Waals surface area (Å²) in [5, 5.41) is 0. The molecular weight excluding hydrogens is 532 g/mol. The molecule has 1 heterocycles. The number of hydrogen-bond donors (Lipinski definition) is 0. The van der Waals surface area contributed by atoms with Crippen LogP contribution in [0.5, 0.6) is 34.5 Å². The van der Waals surface area contributed by atoms with Gasteiger partial charge in [0.05, 0.1) is 39.6 Å². The molecule has 0 aromatic heterocycles. The zero-order chi connectivity index (χ0) is 26.0. The van der Waals surface area contributed by atoms with Crippen molar-refractivity contribution in [3.8, 4) is 34.5 Å². The molecule has 0 spiro atoms. The number of carbonyl (C=O) groups excluding carboxylic acids is 2. The summed E-state index contributed by atoms with van der Waals surface area (Å²) in [7, 11) is 5.94. The molecule has 1 aliphatic heterocycles. The second-order valence-corrected chi connectivity index (χ2v) is 8.66. The van der Waals surface area contributed by atoms with E-state index in [0.29, 0.717) is 45.4 Å². The molecule has 186 valence electrons. The summed E-state index contributed by atoms with van der Waals surface area (Å²) in [6, 6.07) is 11.6. The van der Waals surface area contributed by atoms with Gasteiger partial charge in [-0.25, -0.2) is 4.79 Å². The first-order chi connectivity index (χ1) is 17.3. The van der Waals surface area contributed by atoms with Gasteiger partial charge in [0.15, 0.2) is 17.3 Å². The van der Waals surface area contributed by atoms with Crippen molar-refractivity contribution in [2.45, 2.75) is 6.92 Å². The Labute approximate surface area is 216 Å². The second-order valence-electron chi connectivity index (χ2n) is 7.74. The molecule has 1 aliphatic rings. The van der Waals surface area contributed by atoms with Gasteiger partial charge in [-0.1, -0.05) is 15.9 Å². The van der Waals surface area contributed by atoms with E-state index in [9.17, 15) is 9.59 Å². The summed E-state index contributed by atoms with van der Waals surface area (Å²) in [6.07, 6.45) is 1.62. The van der Waals surface area contributed by atoms with Crippen LogP contribution in [0.25, 0.3) is 6.08 Å². The second kappa shape index (κ2) is 10.3. The summed E-state index contributed by atoms with van der Waals surface area (Å²) < 4.78 is 33.6. The van der Waals surface area contributed by atoms with E-state index < -0.39 is 5.97 Å². The molecule has 0 N–H and O–H groups in total. The predicted molar refractivity (Wildman–Crippen MR) is 136 cm³/mol. The topological polar surface area (TPSA) is 89.5 Å². The Bertz CT molecular complexity index is 1370. The summed E-state index contributed by atoms with van der Waals surface area (Å²) >= 11 is 3.43. The molecule has 3 aromatic rings. The zero-order valence-electron chi connectivity index (χ0n) is 20.3. The minimum atomic E-state index is -0.646. The zero-order valence-corrected chi connectivity index (χ0v) is 21.8. The van der Waals surface area contributed by atoms with E-state index in [-0.39, 0.29) is 22.9 Å². The fourth-order valence-corrected chi connectivity index (χ4v) is 4.24. The number of rotatable bonds is 7. The maximum atomic E-state index is 13.1. The number of allylic oxidation sites excluding steroid dienone is 1. The molecule has 0 amide bonds. The number of methoxy groups -OCH3 is 4. The number of hydrogen-bond acceptors (Lipinski definition) is 8. The highest BCUT2D eigenvalue weighted by Crippen LogP contribution is 2.40. The first kappa shape index (κ1) is 25.1. The lowest BCUT2D eigenvalue weighted by atomic mass is 10.0. The minimum absolute atomic E-state index is 0.137. The van der Waals surface area contributed by atoms with Crippen molar-refractivity contribution in [3.05, 3.63) is 75.0 Å². The van der Waals surface area contributed by atoms with E-state index in [2.05, 4.69) is 15.9 Å². The third-order valence-corrected chi connectivity index (χ3v) is 6.03. The van der Waals surface area contributed by atoms with Gasteiger partial charge in [0.2, 0.25) is 11.5 Å². The Hall–Kier alpha value is -3.98. The van der Waals surface area contributed by atoms with Crippen LogP contribution in [0.4, 0.5) is 0 Å². The molecule has 0 unspecified atom stereocenters. The van der Waals surface area contributed by atoms with Crippen molar-refractivity contribution in [1.82, 2.24) is 0 Å². The SMILES string of the molecule is COc1ccc(Br)cc1/C=C1\Oc2cc(OC(=O)c3cc(OC)c(OC)c(OC)c3)cc(C)c2C1=O. The Morgan fingerprint density at radius 1 is 0.889 bits per heavy atom. The number of fused-ring (bicyclic) bond motifs is 1. The van der Waals surface area contributed by atoms with Crippen molar-refractivity contribution in [2.75, 3.05) is 28.4 Å². The average molecular weight is 555 g/mol. The summed E-state index contributed by atoms with van der Waals surface area (Å²) in [6.45, 7) is 1.75. The van der Waals surface area contributed by atoms with E-state index in [4.69, 9.17) is 28.4 Å². The number of carbonyl (C=O) groups is 2. The van der Waals surface area contributed by atoms with Crippen LogP contribution in [-0.4, -0.2) is 40.2 Å². The molecule has 36 heavy (non-hydrogen) atoms. The fraction of sp³-hybridized carbons (Fsp3) is 0.185. The van der Waals surface area contributed by atoms with Gasteiger partial charge >= 0.3 is 5.97 Å². The molecule has 0 aliphatic carbocycles. The van der Waals surface area contributed by atoms with Crippen LogP contribution < -0.4 is 28.4 Å². The van der Waals surface area contributed by atoms with Crippen LogP contribution in [0.15, 0.2) is 52.7 Å². The summed E-state index contributed by atoms with van der Waals surface area (Å²) in [4.78, 5) is 26.0. The molecule has 0 saturated carbocycles. The van der Waals surface area contributed by atoms with Crippen LogP contribution in [-0.2, 0) is 0 Å². The largest absolute Gasteiger partial charge is 0.496 e. The van der Waals surface area contributed by atoms with Gasteiger partial charge in [-0.2, -0.15) is 0 Å². The first-order valence-electron chi connectivity index (χ1n) is 10.7. The quantitative estimate of drug-likeness (QED) is 0.211. The number of aryl methyl sites for hydroxylation is 1.